The zero-order chi connectivity index (χ0) is 16.1. The SMILES string of the molecule is CC(C)NC(=O)c1ccc(Cl)c(NC(=O)Cn2cnnn2)c1. The smallest absolute Gasteiger partial charge is 0.251 e. The molecule has 0 atom stereocenters. The first-order valence-electron chi connectivity index (χ1n) is 6.56. The number of carbonyl (C=O) groups is 2. The molecule has 2 rings (SSSR count). The van der Waals surface area contributed by atoms with Gasteiger partial charge in [0.2, 0.25) is 5.91 Å². The Labute approximate surface area is 131 Å². The standard InChI is InChI=1S/C13H15ClN6O2/c1-8(2)16-13(22)9-3-4-10(14)11(5-9)17-12(21)6-20-7-15-18-19-20/h3-5,7-8H,6H2,1-2H3,(H,16,22)(H,17,21). The Bertz CT molecular complexity index is 671. The molecule has 0 radical (unpaired) electrons. The number of benzene rings is 1. The summed E-state index contributed by atoms with van der Waals surface area (Å²) in [6.07, 6.45) is 1.33. The molecule has 0 saturated heterocycles. The number of nitrogens with zero attached hydrogens (tertiary/aromatic N) is 4. The molecule has 0 aliphatic heterocycles. The van der Waals surface area contributed by atoms with Crippen molar-refractivity contribution in [3.63, 3.8) is 0 Å². The molecule has 116 valence electrons. The summed E-state index contributed by atoms with van der Waals surface area (Å²) in [7, 11) is 0. The number of carbonyl (C=O) groups excluding carboxylic acids is 2. The summed E-state index contributed by atoms with van der Waals surface area (Å²) >= 11 is 6.04. The van der Waals surface area contributed by atoms with Crippen LogP contribution in [0.25, 0.3) is 0 Å². The van der Waals surface area contributed by atoms with Crippen LogP contribution in [0, 0.1) is 0 Å². The fourth-order valence-electron chi connectivity index (χ4n) is 1.70. The van der Waals surface area contributed by atoms with Crippen LogP contribution in [-0.4, -0.2) is 38.1 Å². The monoisotopic (exact) mass is 322 g/mol. The molecule has 2 N–H and O–H groups in total. The number of nitrogens with one attached hydrogen (secondary N) is 2. The summed E-state index contributed by atoms with van der Waals surface area (Å²) in [5.41, 5.74) is 0.770. The predicted molar refractivity (Wildman–Crippen MR) is 80.5 cm³/mol. The Hall–Kier alpha value is -2.48. The molecule has 0 bridgehead atoms. The van der Waals surface area contributed by atoms with E-state index in [1.807, 2.05) is 13.8 Å². The summed E-state index contributed by atoms with van der Waals surface area (Å²) in [6.45, 7) is 3.68. The Morgan fingerprint density at radius 3 is 2.77 bits per heavy atom. The molecule has 0 fully saturated rings. The molecule has 0 unspecified atom stereocenters. The van der Waals surface area contributed by atoms with E-state index in [1.54, 1.807) is 12.1 Å². The van der Waals surface area contributed by atoms with Gasteiger partial charge in [-0.05, 0) is 42.5 Å². The first kappa shape index (κ1) is 15.9. The molecule has 0 aliphatic rings. The van der Waals surface area contributed by atoms with Crippen molar-refractivity contribution >= 4 is 29.1 Å². The van der Waals surface area contributed by atoms with Crippen molar-refractivity contribution in [3.05, 3.63) is 35.1 Å². The number of anilines is 1. The van der Waals surface area contributed by atoms with Crippen LogP contribution in [0.5, 0.6) is 0 Å². The quantitative estimate of drug-likeness (QED) is 0.858. The highest BCUT2D eigenvalue weighted by Gasteiger charge is 2.12. The van der Waals surface area contributed by atoms with Crippen LogP contribution < -0.4 is 10.6 Å². The van der Waals surface area contributed by atoms with Gasteiger partial charge in [0.15, 0.2) is 0 Å². The second-order valence-electron chi connectivity index (χ2n) is 4.88. The van der Waals surface area contributed by atoms with Gasteiger partial charge < -0.3 is 10.6 Å². The minimum absolute atomic E-state index is 0.0148. The van der Waals surface area contributed by atoms with Gasteiger partial charge in [-0.25, -0.2) is 4.68 Å². The molecule has 9 heteroatoms. The molecular weight excluding hydrogens is 308 g/mol. The minimum atomic E-state index is -0.351. The van der Waals surface area contributed by atoms with Crippen LogP contribution in [0.1, 0.15) is 24.2 Å². The van der Waals surface area contributed by atoms with Crippen molar-refractivity contribution < 1.29 is 9.59 Å². The van der Waals surface area contributed by atoms with Gasteiger partial charge in [-0.3, -0.25) is 9.59 Å². The largest absolute Gasteiger partial charge is 0.350 e. The third-order valence-corrected chi connectivity index (χ3v) is 2.95. The normalized spacial score (nSPS) is 10.5. The lowest BCUT2D eigenvalue weighted by Gasteiger charge is -2.11. The molecule has 2 amide bonds. The van der Waals surface area contributed by atoms with E-state index in [1.165, 1.54) is 17.1 Å². The maximum absolute atomic E-state index is 12.0. The van der Waals surface area contributed by atoms with E-state index in [0.717, 1.165) is 0 Å². The first-order chi connectivity index (χ1) is 10.5. The molecule has 2 aromatic rings. The number of halogens is 1. The Balaban J connectivity index is 2.09. The Morgan fingerprint density at radius 2 is 2.14 bits per heavy atom. The van der Waals surface area contributed by atoms with Crippen LogP contribution >= 0.6 is 11.6 Å². The maximum atomic E-state index is 12.0. The van der Waals surface area contributed by atoms with Crippen molar-refractivity contribution in [2.75, 3.05) is 5.32 Å². The first-order valence-corrected chi connectivity index (χ1v) is 6.94. The third kappa shape index (κ3) is 4.26. The number of hydrogen-bond donors (Lipinski definition) is 2. The molecule has 22 heavy (non-hydrogen) atoms. The predicted octanol–water partition coefficient (Wildman–Crippen LogP) is 1.10. The van der Waals surface area contributed by atoms with Crippen molar-refractivity contribution in [3.8, 4) is 0 Å². The summed E-state index contributed by atoms with van der Waals surface area (Å²) < 4.78 is 1.28. The molecule has 0 aliphatic carbocycles. The minimum Gasteiger partial charge on any atom is -0.350 e. The third-order valence-electron chi connectivity index (χ3n) is 2.62. The van der Waals surface area contributed by atoms with Crippen LogP contribution in [0.4, 0.5) is 5.69 Å². The van der Waals surface area contributed by atoms with Crippen molar-refractivity contribution in [1.29, 1.82) is 0 Å². The zero-order valence-corrected chi connectivity index (χ0v) is 12.8. The van der Waals surface area contributed by atoms with Gasteiger partial charge in [0.05, 0.1) is 10.7 Å². The van der Waals surface area contributed by atoms with Gasteiger partial charge >= 0.3 is 0 Å². The van der Waals surface area contributed by atoms with Gasteiger partial charge in [0.1, 0.15) is 12.9 Å². The molecular formula is C13H15ClN6O2. The second-order valence-corrected chi connectivity index (χ2v) is 5.29. The zero-order valence-electron chi connectivity index (χ0n) is 12.1. The Kier molecular flexibility index (Phi) is 5.05. The van der Waals surface area contributed by atoms with E-state index >= 15 is 0 Å². The summed E-state index contributed by atoms with van der Waals surface area (Å²) in [4.78, 5) is 23.9. The summed E-state index contributed by atoms with van der Waals surface area (Å²) in [5.74, 6) is -0.585. The van der Waals surface area contributed by atoms with E-state index in [9.17, 15) is 9.59 Å². The fraction of sp³-hybridized carbons (Fsp3) is 0.308. The number of aromatic nitrogens is 4. The van der Waals surface area contributed by atoms with Gasteiger partial charge in [-0.15, -0.1) is 5.10 Å². The fourth-order valence-corrected chi connectivity index (χ4v) is 1.86. The molecule has 0 spiro atoms. The van der Waals surface area contributed by atoms with Crippen LogP contribution in [0.3, 0.4) is 0 Å². The number of hydrogen-bond acceptors (Lipinski definition) is 5. The highest BCUT2D eigenvalue weighted by Crippen LogP contribution is 2.23. The summed E-state index contributed by atoms with van der Waals surface area (Å²) in [5, 5.41) is 16.2. The van der Waals surface area contributed by atoms with E-state index in [4.69, 9.17) is 11.6 Å². The number of amides is 2. The van der Waals surface area contributed by atoms with Crippen molar-refractivity contribution in [2.45, 2.75) is 26.4 Å². The second kappa shape index (κ2) is 6.99. The molecule has 0 saturated carbocycles. The van der Waals surface area contributed by atoms with Crippen LogP contribution in [0.15, 0.2) is 24.5 Å². The molecule has 1 heterocycles. The number of tetrazole rings is 1. The highest BCUT2D eigenvalue weighted by atomic mass is 35.5. The maximum Gasteiger partial charge on any atom is 0.251 e. The Morgan fingerprint density at radius 1 is 1.36 bits per heavy atom. The van der Waals surface area contributed by atoms with Gasteiger partial charge in [0, 0.05) is 11.6 Å². The van der Waals surface area contributed by atoms with Gasteiger partial charge in [-0.2, -0.15) is 0 Å². The van der Waals surface area contributed by atoms with E-state index < -0.39 is 0 Å². The molecule has 1 aromatic carbocycles. The topological polar surface area (TPSA) is 102 Å². The number of rotatable bonds is 5. The lowest BCUT2D eigenvalue weighted by molar-refractivity contribution is -0.116. The molecule has 1 aromatic heterocycles. The van der Waals surface area contributed by atoms with Gasteiger partial charge in [0.25, 0.3) is 5.91 Å². The lowest BCUT2D eigenvalue weighted by Crippen LogP contribution is -2.30. The van der Waals surface area contributed by atoms with E-state index in [2.05, 4.69) is 26.2 Å². The average molecular weight is 323 g/mol. The van der Waals surface area contributed by atoms with Gasteiger partial charge in [-0.1, -0.05) is 11.6 Å². The summed E-state index contributed by atoms with van der Waals surface area (Å²) in [6, 6.07) is 4.69. The lowest BCUT2D eigenvalue weighted by atomic mass is 10.1. The van der Waals surface area contributed by atoms with Crippen molar-refractivity contribution in [2.24, 2.45) is 0 Å². The van der Waals surface area contributed by atoms with Crippen LogP contribution in [0.2, 0.25) is 5.02 Å². The average Bonchev–Trinajstić information content (AvgIpc) is 2.93. The van der Waals surface area contributed by atoms with Crippen LogP contribution in [-0.2, 0) is 11.3 Å². The van der Waals surface area contributed by atoms with E-state index in [-0.39, 0.29) is 24.4 Å². The highest BCUT2D eigenvalue weighted by molar-refractivity contribution is 6.33. The molecule has 8 nitrogen and oxygen atoms in total. The van der Waals surface area contributed by atoms with Crippen molar-refractivity contribution in [1.82, 2.24) is 25.5 Å². The van der Waals surface area contributed by atoms with E-state index in [0.29, 0.717) is 16.3 Å².